The summed E-state index contributed by atoms with van der Waals surface area (Å²) >= 11 is 7.56. The maximum Gasteiger partial charge on any atom is 0.142 e. The molecule has 0 saturated heterocycles. The molecule has 0 atom stereocenters. The van der Waals surface area contributed by atoms with Crippen molar-refractivity contribution >= 4 is 28.6 Å². The molecule has 96 valence electrons. The number of anilines is 1. The second-order valence-electron chi connectivity index (χ2n) is 4.02. The summed E-state index contributed by atoms with van der Waals surface area (Å²) in [7, 11) is 0. The van der Waals surface area contributed by atoms with Crippen LogP contribution in [0.5, 0.6) is 5.75 Å². The SMILES string of the molecule is CCOc1cc(C)ccc1NCc1cc(Cl)cs1. The van der Waals surface area contributed by atoms with Crippen LogP contribution in [0.4, 0.5) is 5.69 Å². The van der Waals surface area contributed by atoms with Gasteiger partial charge in [0.1, 0.15) is 5.75 Å². The molecule has 2 nitrogen and oxygen atoms in total. The first-order valence-electron chi connectivity index (χ1n) is 5.89. The molecule has 0 bridgehead atoms. The molecule has 1 aromatic heterocycles. The molecule has 2 rings (SSSR count). The molecule has 18 heavy (non-hydrogen) atoms. The third-order valence-electron chi connectivity index (χ3n) is 2.51. The maximum absolute atomic E-state index is 5.90. The van der Waals surface area contributed by atoms with E-state index < -0.39 is 0 Å². The van der Waals surface area contributed by atoms with Crippen molar-refractivity contribution in [2.75, 3.05) is 11.9 Å². The second kappa shape index (κ2) is 6.12. The predicted octanol–water partition coefficient (Wildman–Crippen LogP) is 4.72. The summed E-state index contributed by atoms with van der Waals surface area (Å²) in [5.74, 6) is 0.903. The van der Waals surface area contributed by atoms with Crippen molar-refractivity contribution in [2.24, 2.45) is 0 Å². The van der Waals surface area contributed by atoms with Crippen molar-refractivity contribution in [1.29, 1.82) is 0 Å². The fourth-order valence-electron chi connectivity index (χ4n) is 1.68. The molecule has 0 fully saturated rings. The molecule has 2 aromatic rings. The van der Waals surface area contributed by atoms with Gasteiger partial charge in [0.15, 0.2) is 0 Å². The quantitative estimate of drug-likeness (QED) is 0.856. The summed E-state index contributed by atoms with van der Waals surface area (Å²) < 4.78 is 5.63. The van der Waals surface area contributed by atoms with Gasteiger partial charge in [-0.3, -0.25) is 0 Å². The van der Waals surface area contributed by atoms with E-state index in [1.807, 2.05) is 24.4 Å². The third-order valence-corrected chi connectivity index (χ3v) is 3.80. The van der Waals surface area contributed by atoms with Crippen LogP contribution in [-0.2, 0) is 6.54 Å². The van der Waals surface area contributed by atoms with E-state index in [4.69, 9.17) is 16.3 Å². The van der Waals surface area contributed by atoms with Crippen molar-refractivity contribution in [3.63, 3.8) is 0 Å². The van der Waals surface area contributed by atoms with E-state index in [1.54, 1.807) is 11.3 Å². The van der Waals surface area contributed by atoms with Gasteiger partial charge in [0.05, 0.1) is 17.3 Å². The first-order chi connectivity index (χ1) is 8.69. The number of thiophene rings is 1. The molecule has 1 heterocycles. The molecule has 4 heteroatoms. The summed E-state index contributed by atoms with van der Waals surface area (Å²) in [6.45, 7) is 5.49. The Morgan fingerprint density at radius 2 is 2.17 bits per heavy atom. The van der Waals surface area contributed by atoms with Crippen molar-refractivity contribution in [3.8, 4) is 5.75 Å². The fourth-order valence-corrected chi connectivity index (χ4v) is 2.69. The number of aryl methyl sites for hydroxylation is 1. The molecule has 0 spiro atoms. The van der Waals surface area contributed by atoms with E-state index in [9.17, 15) is 0 Å². The first-order valence-corrected chi connectivity index (χ1v) is 7.15. The largest absolute Gasteiger partial charge is 0.492 e. The van der Waals surface area contributed by atoms with E-state index in [2.05, 4.69) is 24.4 Å². The molecule has 0 aliphatic heterocycles. The molecule has 0 unspecified atom stereocenters. The van der Waals surface area contributed by atoms with Crippen LogP contribution >= 0.6 is 22.9 Å². The molecular formula is C14H16ClNOS. The smallest absolute Gasteiger partial charge is 0.142 e. The molecule has 0 radical (unpaired) electrons. The standard InChI is InChI=1S/C14H16ClNOS/c1-3-17-14-6-10(2)4-5-13(14)16-8-12-7-11(15)9-18-12/h4-7,9,16H,3,8H2,1-2H3. The zero-order valence-corrected chi connectivity index (χ0v) is 12.1. The van der Waals surface area contributed by atoms with Gasteiger partial charge < -0.3 is 10.1 Å². The Hall–Kier alpha value is -1.19. The van der Waals surface area contributed by atoms with Gasteiger partial charge in [-0.05, 0) is 37.6 Å². The minimum absolute atomic E-state index is 0.670. The van der Waals surface area contributed by atoms with Crippen molar-refractivity contribution in [1.82, 2.24) is 0 Å². The van der Waals surface area contributed by atoms with E-state index in [0.29, 0.717) is 6.61 Å². The summed E-state index contributed by atoms with van der Waals surface area (Å²) in [5, 5.41) is 6.12. The van der Waals surface area contributed by atoms with E-state index in [0.717, 1.165) is 23.0 Å². The lowest BCUT2D eigenvalue weighted by Gasteiger charge is -2.12. The Kier molecular flexibility index (Phi) is 4.50. The lowest BCUT2D eigenvalue weighted by atomic mass is 10.2. The lowest BCUT2D eigenvalue weighted by Crippen LogP contribution is -2.02. The topological polar surface area (TPSA) is 21.3 Å². The first kappa shape index (κ1) is 13.2. The molecule has 0 saturated carbocycles. The zero-order valence-electron chi connectivity index (χ0n) is 10.5. The third kappa shape index (κ3) is 3.40. The average Bonchev–Trinajstić information content (AvgIpc) is 2.75. The van der Waals surface area contributed by atoms with Gasteiger partial charge >= 0.3 is 0 Å². The van der Waals surface area contributed by atoms with Crippen LogP contribution in [0.2, 0.25) is 5.02 Å². The zero-order chi connectivity index (χ0) is 13.0. The van der Waals surface area contributed by atoms with E-state index in [1.165, 1.54) is 10.4 Å². The maximum atomic E-state index is 5.90. The Bertz CT molecular complexity index is 524. The number of hydrogen-bond donors (Lipinski definition) is 1. The van der Waals surface area contributed by atoms with Crippen LogP contribution in [0.1, 0.15) is 17.4 Å². The van der Waals surface area contributed by atoms with Gasteiger partial charge in [0.25, 0.3) is 0 Å². The number of benzene rings is 1. The monoisotopic (exact) mass is 281 g/mol. The van der Waals surface area contributed by atoms with Crippen molar-refractivity contribution < 1.29 is 4.74 Å². The van der Waals surface area contributed by atoms with Gasteiger partial charge in [0.2, 0.25) is 0 Å². The van der Waals surface area contributed by atoms with Gasteiger partial charge in [0, 0.05) is 16.8 Å². The van der Waals surface area contributed by atoms with Crippen LogP contribution in [-0.4, -0.2) is 6.61 Å². The molecule has 1 aromatic carbocycles. The van der Waals surface area contributed by atoms with Gasteiger partial charge in [-0.15, -0.1) is 11.3 Å². The highest BCUT2D eigenvalue weighted by Crippen LogP contribution is 2.27. The highest BCUT2D eigenvalue weighted by Gasteiger charge is 2.04. The number of halogens is 1. The van der Waals surface area contributed by atoms with E-state index >= 15 is 0 Å². The van der Waals surface area contributed by atoms with Gasteiger partial charge in [-0.1, -0.05) is 17.7 Å². The number of ether oxygens (including phenoxy) is 1. The minimum atomic E-state index is 0.670. The van der Waals surface area contributed by atoms with Crippen molar-refractivity contribution in [2.45, 2.75) is 20.4 Å². The molecule has 0 amide bonds. The highest BCUT2D eigenvalue weighted by molar-refractivity contribution is 7.10. The summed E-state index contributed by atoms with van der Waals surface area (Å²) in [6, 6.07) is 8.16. The van der Waals surface area contributed by atoms with Gasteiger partial charge in [-0.2, -0.15) is 0 Å². The van der Waals surface area contributed by atoms with Crippen LogP contribution < -0.4 is 10.1 Å². The van der Waals surface area contributed by atoms with Gasteiger partial charge in [-0.25, -0.2) is 0 Å². The normalized spacial score (nSPS) is 10.4. The summed E-state index contributed by atoms with van der Waals surface area (Å²) in [4.78, 5) is 1.21. The molecule has 0 aliphatic carbocycles. The summed E-state index contributed by atoms with van der Waals surface area (Å²) in [5.41, 5.74) is 2.22. The minimum Gasteiger partial charge on any atom is -0.492 e. The molecular weight excluding hydrogens is 266 g/mol. The summed E-state index contributed by atoms with van der Waals surface area (Å²) in [6.07, 6.45) is 0. The second-order valence-corrected chi connectivity index (χ2v) is 5.45. The predicted molar refractivity (Wildman–Crippen MR) is 79.0 cm³/mol. The van der Waals surface area contributed by atoms with Crippen molar-refractivity contribution in [3.05, 3.63) is 45.1 Å². The van der Waals surface area contributed by atoms with Crippen LogP contribution in [0, 0.1) is 6.92 Å². The van der Waals surface area contributed by atoms with E-state index in [-0.39, 0.29) is 0 Å². The number of hydrogen-bond acceptors (Lipinski definition) is 3. The highest BCUT2D eigenvalue weighted by atomic mass is 35.5. The Balaban J connectivity index is 2.08. The van der Waals surface area contributed by atoms with Crippen LogP contribution in [0.25, 0.3) is 0 Å². The Labute approximate surface area is 117 Å². The lowest BCUT2D eigenvalue weighted by molar-refractivity contribution is 0.341. The number of rotatable bonds is 5. The van der Waals surface area contributed by atoms with Crippen LogP contribution in [0.15, 0.2) is 29.6 Å². The molecule has 0 aliphatic rings. The Morgan fingerprint density at radius 1 is 1.33 bits per heavy atom. The fraction of sp³-hybridized carbons (Fsp3) is 0.286. The van der Waals surface area contributed by atoms with Crippen LogP contribution in [0.3, 0.4) is 0 Å². The number of nitrogens with one attached hydrogen (secondary N) is 1. The molecule has 1 N–H and O–H groups in total. The Morgan fingerprint density at radius 3 is 2.83 bits per heavy atom. The average molecular weight is 282 g/mol.